The Hall–Kier alpha value is -1.78. The number of aryl methyl sites for hydroxylation is 1. The van der Waals surface area contributed by atoms with E-state index in [0.717, 1.165) is 0 Å². The first-order valence-corrected chi connectivity index (χ1v) is 3.80. The van der Waals surface area contributed by atoms with Gasteiger partial charge in [-0.2, -0.15) is 0 Å². The standard InChI is InChI=1S/C9H9FO4/c1-5-3-6(13-2)4-7(11)8(5)9(12)14-10/h3-4,11H,1-2H3. The van der Waals surface area contributed by atoms with Crippen molar-refractivity contribution in [1.82, 2.24) is 0 Å². The zero-order chi connectivity index (χ0) is 10.7. The van der Waals surface area contributed by atoms with Gasteiger partial charge in [0.15, 0.2) is 0 Å². The highest BCUT2D eigenvalue weighted by molar-refractivity contribution is 5.93. The van der Waals surface area contributed by atoms with Crippen molar-refractivity contribution >= 4 is 5.97 Å². The summed E-state index contributed by atoms with van der Waals surface area (Å²) in [4.78, 5) is 13.9. The zero-order valence-corrected chi connectivity index (χ0v) is 7.70. The van der Waals surface area contributed by atoms with Crippen LogP contribution in [0.4, 0.5) is 4.53 Å². The molecule has 0 heterocycles. The summed E-state index contributed by atoms with van der Waals surface area (Å²) in [5, 5.41) is 9.36. The van der Waals surface area contributed by atoms with E-state index in [0.29, 0.717) is 11.3 Å². The molecule has 0 aliphatic rings. The van der Waals surface area contributed by atoms with Crippen LogP contribution < -0.4 is 4.74 Å². The molecule has 0 unspecified atom stereocenters. The first-order valence-electron chi connectivity index (χ1n) is 3.80. The molecule has 0 amide bonds. The van der Waals surface area contributed by atoms with Crippen LogP contribution in [0, 0.1) is 6.92 Å². The Balaban J connectivity index is 3.25. The van der Waals surface area contributed by atoms with Crippen LogP contribution >= 0.6 is 0 Å². The van der Waals surface area contributed by atoms with Gasteiger partial charge >= 0.3 is 5.97 Å². The van der Waals surface area contributed by atoms with Crippen LogP contribution in [0.15, 0.2) is 12.1 Å². The third-order valence-corrected chi connectivity index (χ3v) is 1.80. The maximum atomic E-state index is 11.6. The molecular formula is C9H9FO4. The largest absolute Gasteiger partial charge is 0.507 e. The van der Waals surface area contributed by atoms with Crippen LogP contribution in [0.2, 0.25) is 0 Å². The van der Waals surface area contributed by atoms with E-state index in [1.54, 1.807) is 0 Å². The molecule has 76 valence electrons. The lowest BCUT2D eigenvalue weighted by Gasteiger charge is -2.07. The second-order valence-corrected chi connectivity index (χ2v) is 2.70. The van der Waals surface area contributed by atoms with Crippen molar-refractivity contribution in [3.63, 3.8) is 0 Å². The lowest BCUT2D eigenvalue weighted by Crippen LogP contribution is -2.02. The van der Waals surface area contributed by atoms with Crippen LogP contribution in [0.3, 0.4) is 0 Å². The summed E-state index contributed by atoms with van der Waals surface area (Å²) in [5.74, 6) is -1.21. The quantitative estimate of drug-likeness (QED) is 0.790. The predicted molar refractivity (Wildman–Crippen MR) is 45.9 cm³/mol. The number of halogens is 1. The number of carbonyl (C=O) groups excluding carboxylic acids is 1. The molecule has 0 fully saturated rings. The number of hydrogen-bond acceptors (Lipinski definition) is 4. The lowest BCUT2D eigenvalue weighted by molar-refractivity contribution is -0.0790. The van der Waals surface area contributed by atoms with Gasteiger partial charge in [0.05, 0.1) is 7.11 Å². The number of phenolic OH excluding ortho intramolecular Hbond substituents is 1. The molecule has 14 heavy (non-hydrogen) atoms. The molecule has 0 aliphatic heterocycles. The molecule has 5 heteroatoms. The molecule has 1 aromatic carbocycles. The molecule has 0 aliphatic carbocycles. The van der Waals surface area contributed by atoms with Gasteiger partial charge in [-0.15, -0.1) is 0 Å². The second-order valence-electron chi connectivity index (χ2n) is 2.70. The van der Waals surface area contributed by atoms with Crippen LogP contribution in [0.5, 0.6) is 11.5 Å². The van der Waals surface area contributed by atoms with E-state index in [1.165, 1.54) is 26.2 Å². The van der Waals surface area contributed by atoms with Gasteiger partial charge in [-0.25, -0.2) is 9.74 Å². The van der Waals surface area contributed by atoms with Crippen molar-refractivity contribution in [3.8, 4) is 11.5 Å². The Morgan fingerprint density at radius 1 is 1.50 bits per heavy atom. The third-order valence-electron chi connectivity index (χ3n) is 1.80. The van der Waals surface area contributed by atoms with E-state index in [-0.39, 0.29) is 11.3 Å². The fourth-order valence-corrected chi connectivity index (χ4v) is 1.16. The van der Waals surface area contributed by atoms with Gasteiger partial charge in [0.1, 0.15) is 17.1 Å². The van der Waals surface area contributed by atoms with E-state index in [1.807, 2.05) is 0 Å². The average Bonchev–Trinajstić information content (AvgIpc) is 2.16. The minimum Gasteiger partial charge on any atom is -0.507 e. The Labute approximate surface area is 79.8 Å². The fraction of sp³-hybridized carbons (Fsp3) is 0.222. The van der Waals surface area contributed by atoms with Gasteiger partial charge in [0.2, 0.25) is 0 Å². The summed E-state index contributed by atoms with van der Waals surface area (Å²) in [7, 11) is 1.42. The molecule has 0 saturated heterocycles. The second kappa shape index (κ2) is 3.95. The highest BCUT2D eigenvalue weighted by atomic mass is 19.3. The van der Waals surface area contributed by atoms with Crippen LogP contribution in [-0.2, 0) is 4.94 Å². The molecule has 0 atom stereocenters. The number of aromatic hydroxyl groups is 1. The van der Waals surface area contributed by atoms with Gasteiger partial charge in [-0.1, -0.05) is 0 Å². The van der Waals surface area contributed by atoms with Crippen molar-refractivity contribution < 1.29 is 24.1 Å². The summed E-state index contributed by atoms with van der Waals surface area (Å²) in [6.45, 7) is 1.54. The van der Waals surface area contributed by atoms with Gasteiger partial charge in [0.25, 0.3) is 0 Å². The van der Waals surface area contributed by atoms with Crippen molar-refractivity contribution in [1.29, 1.82) is 0 Å². The molecule has 1 N–H and O–H groups in total. The van der Waals surface area contributed by atoms with E-state index >= 15 is 0 Å². The molecular weight excluding hydrogens is 191 g/mol. The zero-order valence-electron chi connectivity index (χ0n) is 7.70. The number of phenols is 1. The highest BCUT2D eigenvalue weighted by Crippen LogP contribution is 2.27. The topological polar surface area (TPSA) is 55.8 Å². The summed E-state index contributed by atoms with van der Waals surface area (Å²) >= 11 is 0. The molecule has 4 nitrogen and oxygen atoms in total. The smallest absolute Gasteiger partial charge is 0.383 e. The Bertz CT molecular complexity index is 339. The Morgan fingerprint density at radius 2 is 2.14 bits per heavy atom. The Kier molecular flexibility index (Phi) is 2.91. The normalized spacial score (nSPS) is 9.64. The van der Waals surface area contributed by atoms with E-state index in [4.69, 9.17) is 4.74 Å². The number of carbonyl (C=O) groups is 1. The van der Waals surface area contributed by atoms with E-state index in [2.05, 4.69) is 4.94 Å². The minimum atomic E-state index is -1.22. The number of rotatable bonds is 2. The van der Waals surface area contributed by atoms with E-state index in [9.17, 15) is 14.4 Å². The van der Waals surface area contributed by atoms with Crippen LogP contribution in [0.25, 0.3) is 0 Å². The maximum absolute atomic E-state index is 11.6. The molecule has 0 radical (unpaired) electrons. The molecule has 0 spiro atoms. The SMILES string of the molecule is COc1cc(C)c(C(=O)OF)c(O)c1. The van der Waals surface area contributed by atoms with Gasteiger partial charge < -0.3 is 9.84 Å². The van der Waals surface area contributed by atoms with Crippen molar-refractivity contribution in [2.45, 2.75) is 6.92 Å². The molecule has 1 aromatic rings. The van der Waals surface area contributed by atoms with Crippen molar-refractivity contribution in [2.24, 2.45) is 0 Å². The number of methoxy groups -OCH3 is 1. The first-order chi connectivity index (χ1) is 6.60. The predicted octanol–water partition coefficient (Wildman–Crippen LogP) is 1.75. The summed E-state index contributed by atoms with van der Waals surface area (Å²) in [6.07, 6.45) is 0. The molecule has 0 bridgehead atoms. The van der Waals surface area contributed by atoms with Crippen LogP contribution in [-0.4, -0.2) is 18.2 Å². The lowest BCUT2D eigenvalue weighted by atomic mass is 10.1. The number of ether oxygens (including phenoxy) is 1. The van der Waals surface area contributed by atoms with Gasteiger partial charge in [0, 0.05) is 10.6 Å². The monoisotopic (exact) mass is 200 g/mol. The van der Waals surface area contributed by atoms with Crippen molar-refractivity contribution in [2.75, 3.05) is 7.11 Å². The molecule has 0 saturated carbocycles. The summed E-state index contributed by atoms with van der Waals surface area (Å²) in [5.41, 5.74) is 0.179. The first kappa shape index (κ1) is 10.3. The molecule has 1 rings (SSSR count). The summed E-state index contributed by atoms with van der Waals surface area (Å²) < 4.78 is 16.5. The average molecular weight is 200 g/mol. The maximum Gasteiger partial charge on any atom is 0.383 e. The van der Waals surface area contributed by atoms with Gasteiger partial charge in [-0.05, 0) is 18.6 Å². The van der Waals surface area contributed by atoms with Gasteiger partial charge in [-0.3, -0.25) is 0 Å². The number of hydrogen-bond donors (Lipinski definition) is 1. The number of benzene rings is 1. The van der Waals surface area contributed by atoms with Crippen molar-refractivity contribution in [3.05, 3.63) is 23.3 Å². The summed E-state index contributed by atoms with van der Waals surface area (Å²) in [6, 6.07) is 2.70. The van der Waals surface area contributed by atoms with E-state index < -0.39 is 5.97 Å². The third kappa shape index (κ3) is 1.76. The molecule has 0 aromatic heterocycles. The Morgan fingerprint density at radius 3 is 2.57 bits per heavy atom. The highest BCUT2D eigenvalue weighted by Gasteiger charge is 2.17. The fourth-order valence-electron chi connectivity index (χ4n) is 1.16. The van der Waals surface area contributed by atoms with Crippen LogP contribution in [0.1, 0.15) is 15.9 Å². The minimum absolute atomic E-state index is 0.201.